The zero-order valence-electron chi connectivity index (χ0n) is 5.92. The quantitative estimate of drug-likeness (QED) is 0.476. The Kier molecular flexibility index (Phi) is 3.73. The molecule has 0 aliphatic carbocycles. The summed E-state index contributed by atoms with van der Waals surface area (Å²) in [4.78, 5) is 0. The number of rotatable bonds is 2. The van der Waals surface area contributed by atoms with E-state index in [9.17, 15) is 4.21 Å². The van der Waals surface area contributed by atoms with Crippen molar-refractivity contribution in [2.45, 2.75) is 26.0 Å². The molecular weight excluding hydrogens is 136 g/mol. The van der Waals surface area contributed by atoms with Crippen molar-refractivity contribution in [2.75, 3.05) is 0 Å². The summed E-state index contributed by atoms with van der Waals surface area (Å²) in [6.45, 7) is 5.52. The number of hydrogen-bond acceptors (Lipinski definition) is 1. The second kappa shape index (κ2) is 3.80. The predicted octanol–water partition coefficient (Wildman–Crippen LogP) is 1.56. The summed E-state index contributed by atoms with van der Waals surface area (Å²) in [5.41, 5.74) is 1.07. The first kappa shape index (κ1) is 8.85. The highest BCUT2D eigenvalue weighted by Gasteiger charge is 2.01. The zero-order chi connectivity index (χ0) is 7.44. The van der Waals surface area contributed by atoms with Crippen molar-refractivity contribution >= 4 is 11.1 Å². The third kappa shape index (κ3) is 4.36. The second-order valence-corrected chi connectivity index (χ2v) is 3.52. The van der Waals surface area contributed by atoms with Crippen LogP contribution in [0.15, 0.2) is 11.6 Å². The fourth-order valence-electron chi connectivity index (χ4n) is 0.528. The van der Waals surface area contributed by atoms with Crippen molar-refractivity contribution in [3.8, 4) is 0 Å². The van der Waals surface area contributed by atoms with Crippen molar-refractivity contribution < 1.29 is 8.76 Å². The second-order valence-electron chi connectivity index (χ2n) is 2.23. The van der Waals surface area contributed by atoms with Gasteiger partial charge in [-0.05, 0) is 20.8 Å². The Balaban J connectivity index is 3.91. The summed E-state index contributed by atoms with van der Waals surface area (Å²) >= 11 is -1.71. The highest BCUT2D eigenvalue weighted by atomic mass is 32.2. The molecule has 0 spiro atoms. The van der Waals surface area contributed by atoms with Crippen LogP contribution in [0.3, 0.4) is 0 Å². The first-order valence-electron chi connectivity index (χ1n) is 2.78. The first-order chi connectivity index (χ1) is 4.04. The molecule has 0 aromatic rings. The van der Waals surface area contributed by atoms with Gasteiger partial charge in [-0.25, -0.2) is 4.21 Å². The van der Waals surface area contributed by atoms with Gasteiger partial charge in [-0.1, -0.05) is 11.6 Å². The van der Waals surface area contributed by atoms with E-state index < -0.39 is 11.1 Å². The highest BCUT2D eigenvalue weighted by molar-refractivity contribution is 7.80. The van der Waals surface area contributed by atoms with E-state index in [0.29, 0.717) is 0 Å². The van der Waals surface area contributed by atoms with Crippen LogP contribution in [0.25, 0.3) is 0 Å². The average molecular weight is 148 g/mol. The molecule has 0 radical (unpaired) electrons. The molecule has 0 heterocycles. The molecule has 0 aromatic carbocycles. The monoisotopic (exact) mass is 148 g/mol. The molecule has 2 nitrogen and oxygen atoms in total. The summed E-state index contributed by atoms with van der Waals surface area (Å²) in [5.74, 6) is 0. The Bertz CT molecular complexity index is 136. The molecule has 0 aliphatic rings. The van der Waals surface area contributed by atoms with Gasteiger partial charge in [0.2, 0.25) is 0 Å². The van der Waals surface area contributed by atoms with Gasteiger partial charge in [0.15, 0.2) is 11.1 Å². The van der Waals surface area contributed by atoms with E-state index in [0.717, 1.165) is 5.57 Å². The van der Waals surface area contributed by atoms with Crippen LogP contribution in [-0.4, -0.2) is 14.0 Å². The van der Waals surface area contributed by atoms with Gasteiger partial charge in [-0.2, -0.15) is 0 Å². The Morgan fingerprint density at radius 3 is 2.22 bits per heavy atom. The fourth-order valence-corrected chi connectivity index (χ4v) is 0.916. The van der Waals surface area contributed by atoms with E-state index in [1.807, 2.05) is 13.8 Å². The van der Waals surface area contributed by atoms with Gasteiger partial charge in [0.05, 0.1) is 5.25 Å². The summed E-state index contributed by atoms with van der Waals surface area (Å²) in [5, 5.41) is -0.241. The summed E-state index contributed by atoms with van der Waals surface area (Å²) in [6.07, 6.45) is 1.77. The van der Waals surface area contributed by atoms with Crippen LogP contribution in [0, 0.1) is 0 Å². The van der Waals surface area contributed by atoms with E-state index in [1.165, 1.54) is 0 Å². The standard InChI is InChI=1S/C6H12O2S/c1-5(2)4-6(3)9(7)8/h4,6H,1-3H3,(H,7,8). The molecule has 9 heavy (non-hydrogen) atoms. The van der Waals surface area contributed by atoms with Crippen molar-refractivity contribution in [1.29, 1.82) is 0 Å². The normalized spacial score (nSPS) is 16.4. The maximum absolute atomic E-state index is 10.3. The molecule has 2 atom stereocenters. The Labute approximate surface area is 58.3 Å². The van der Waals surface area contributed by atoms with Crippen LogP contribution in [-0.2, 0) is 11.1 Å². The lowest BCUT2D eigenvalue weighted by Gasteiger charge is -1.98. The molecule has 0 saturated carbocycles. The predicted molar refractivity (Wildman–Crippen MR) is 39.7 cm³/mol. The zero-order valence-corrected chi connectivity index (χ0v) is 6.73. The molecule has 0 aromatic heterocycles. The first-order valence-corrected chi connectivity index (χ1v) is 3.95. The molecule has 2 unspecified atom stereocenters. The van der Waals surface area contributed by atoms with Gasteiger partial charge >= 0.3 is 0 Å². The summed E-state index contributed by atoms with van der Waals surface area (Å²) < 4.78 is 18.8. The van der Waals surface area contributed by atoms with Crippen LogP contribution >= 0.6 is 0 Å². The molecule has 0 fully saturated rings. The van der Waals surface area contributed by atoms with Crippen molar-refractivity contribution in [3.05, 3.63) is 11.6 Å². The molecular formula is C6H12O2S. The minimum absolute atomic E-state index is 0.241. The van der Waals surface area contributed by atoms with Crippen LogP contribution < -0.4 is 0 Å². The van der Waals surface area contributed by atoms with Crippen molar-refractivity contribution in [1.82, 2.24) is 0 Å². The lowest BCUT2D eigenvalue weighted by Crippen LogP contribution is -2.05. The maximum Gasteiger partial charge on any atom is 0.159 e. The summed E-state index contributed by atoms with van der Waals surface area (Å²) in [6, 6.07) is 0. The smallest absolute Gasteiger partial charge is 0.159 e. The van der Waals surface area contributed by atoms with Crippen molar-refractivity contribution in [2.24, 2.45) is 0 Å². The van der Waals surface area contributed by atoms with Gasteiger partial charge in [0.25, 0.3) is 0 Å². The van der Waals surface area contributed by atoms with Gasteiger partial charge in [0.1, 0.15) is 0 Å². The van der Waals surface area contributed by atoms with Crippen molar-refractivity contribution in [3.63, 3.8) is 0 Å². The minimum Gasteiger partial charge on any atom is -0.306 e. The minimum atomic E-state index is -1.71. The topological polar surface area (TPSA) is 37.3 Å². The number of hydrogen-bond donors (Lipinski definition) is 1. The van der Waals surface area contributed by atoms with E-state index in [1.54, 1.807) is 13.0 Å². The maximum atomic E-state index is 10.3. The van der Waals surface area contributed by atoms with E-state index in [4.69, 9.17) is 4.55 Å². The third-order valence-electron chi connectivity index (χ3n) is 0.886. The Morgan fingerprint density at radius 2 is 2.11 bits per heavy atom. The van der Waals surface area contributed by atoms with Crippen LogP contribution in [0.5, 0.6) is 0 Å². The van der Waals surface area contributed by atoms with Crippen LogP contribution in [0.1, 0.15) is 20.8 Å². The summed E-state index contributed by atoms with van der Waals surface area (Å²) in [7, 11) is 0. The van der Waals surface area contributed by atoms with Crippen LogP contribution in [0.2, 0.25) is 0 Å². The molecule has 0 amide bonds. The van der Waals surface area contributed by atoms with Crippen LogP contribution in [0.4, 0.5) is 0 Å². The molecule has 3 heteroatoms. The lowest BCUT2D eigenvalue weighted by molar-refractivity contribution is 0.559. The molecule has 0 aliphatic heterocycles. The lowest BCUT2D eigenvalue weighted by atomic mass is 10.3. The largest absolute Gasteiger partial charge is 0.306 e. The Morgan fingerprint density at radius 1 is 1.67 bits per heavy atom. The molecule has 0 bridgehead atoms. The van der Waals surface area contributed by atoms with Gasteiger partial charge in [-0.3, -0.25) is 0 Å². The van der Waals surface area contributed by atoms with E-state index >= 15 is 0 Å². The molecule has 0 rings (SSSR count). The Hall–Kier alpha value is -0.150. The SMILES string of the molecule is CC(C)=CC(C)S(=O)O. The third-order valence-corrected chi connectivity index (χ3v) is 1.66. The molecule has 0 saturated heterocycles. The van der Waals surface area contributed by atoms with E-state index in [2.05, 4.69) is 0 Å². The molecule has 54 valence electrons. The van der Waals surface area contributed by atoms with E-state index in [-0.39, 0.29) is 5.25 Å². The van der Waals surface area contributed by atoms with Gasteiger partial charge < -0.3 is 4.55 Å². The molecule has 1 N–H and O–H groups in total. The van der Waals surface area contributed by atoms with Gasteiger partial charge in [-0.15, -0.1) is 0 Å². The average Bonchev–Trinajstić information content (AvgIpc) is 1.63. The fraction of sp³-hybridized carbons (Fsp3) is 0.667. The number of allylic oxidation sites excluding steroid dienone is 1. The highest BCUT2D eigenvalue weighted by Crippen LogP contribution is 1.98. The van der Waals surface area contributed by atoms with Gasteiger partial charge in [0, 0.05) is 0 Å².